The predicted octanol–water partition coefficient (Wildman–Crippen LogP) is 10.7. The lowest BCUT2D eigenvalue weighted by Gasteiger charge is -2.14. The van der Waals surface area contributed by atoms with Gasteiger partial charge in [0.2, 0.25) is 0 Å². The second-order valence-corrected chi connectivity index (χ2v) is 17.8. The molecule has 2 heterocycles. The molecule has 56 heavy (non-hydrogen) atoms. The Labute approximate surface area is 327 Å². The van der Waals surface area contributed by atoms with Crippen molar-refractivity contribution in [3.63, 3.8) is 0 Å². The second-order valence-electron chi connectivity index (χ2n) is 14.4. The first-order valence-electron chi connectivity index (χ1n) is 18.9. The lowest BCUT2D eigenvalue weighted by Crippen LogP contribution is -2.13. The van der Waals surface area contributed by atoms with E-state index >= 15 is 0 Å². The summed E-state index contributed by atoms with van der Waals surface area (Å²) < 4.78 is 58.5. The number of hydrogen-bond acceptors (Lipinski definition) is 6. The first-order valence-corrected chi connectivity index (χ1v) is 21.8. The topological polar surface area (TPSA) is 118 Å². The van der Waals surface area contributed by atoms with Crippen molar-refractivity contribution < 1.29 is 16.8 Å². The molecule has 0 saturated heterocycles. The standard InChI is InChI=1S/C46H42N4O4S2/c1-31-17-23-35(24-18-31)55(51,52)49-33-21-27-37-39-11-7-9-15-43(39)47-45(41(37)29-33)13-5-3-4-6-14-46-42-30-34(50-56(53,54)36-25-19-32(2)20-26-36)22-28-38(42)40-12-8-10-16-44(40)48-46/h7-12,15-30,49-50H,3-6,13-14H2,1-2H3. The van der Waals surface area contributed by atoms with Gasteiger partial charge in [0.05, 0.1) is 20.8 Å². The Kier molecular flexibility index (Phi) is 10.2. The normalized spacial score (nSPS) is 12.1. The molecule has 6 aromatic carbocycles. The number of benzene rings is 6. The molecule has 0 aliphatic rings. The van der Waals surface area contributed by atoms with Gasteiger partial charge in [0.1, 0.15) is 0 Å². The minimum absolute atomic E-state index is 0.218. The maximum Gasteiger partial charge on any atom is 0.261 e. The molecular weight excluding hydrogens is 737 g/mol. The SMILES string of the molecule is Cc1ccc(S(=O)(=O)Nc2ccc3c(c2)c(CCCCCCc2nc4ccccc4c4ccc(NS(=O)(=O)c5ccc(C)cc5)cc24)nc2ccccc23)cc1. The molecule has 0 aliphatic carbocycles. The first kappa shape index (κ1) is 37.1. The van der Waals surface area contributed by atoms with Crippen LogP contribution in [0.3, 0.4) is 0 Å². The van der Waals surface area contributed by atoms with Crippen molar-refractivity contribution >= 4 is 74.8 Å². The Bertz CT molecular complexity index is 2760. The molecule has 0 spiro atoms. The van der Waals surface area contributed by atoms with Crippen molar-refractivity contribution in [2.75, 3.05) is 9.44 Å². The average molecular weight is 779 g/mol. The Morgan fingerprint density at radius 3 is 1.23 bits per heavy atom. The van der Waals surface area contributed by atoms with Gasteiger partial charge in [0.25, 0.3) is 20.0 Å². The molecule has 2 N–H and O–H groups in total. The van der Waals surface area contributed by atoms with Crippen molar-refractivity contribution in [1.29, 1.82) is 0 Å². The molecule has 0 saturated carbocycles. The van der Waals surface area contributed by atoms with E-state index in [1.807, 2.05) is 86.6 Å². The molecule has 0 amide bonds. The van der Waals surface area contributed by atoms with Crippen LogP contribution in [0.25, 0.3) is 43.4 Å². The number of para-hydroxylation sites is 2. The number of aromatic nitrogens is 2. The number of anilines is 2. The highest BCUT2D eigenvalue weighted by molar-refractivity contribution is 7.93. The molecule has 0 aliphatic heterocycles. The van der Waals surface area contributed by atoms with E-state index in [-0.39, 0.29) is 9.79 Å². The van der Waals surface area contributed by atoms with Crippen LogP contribution in [0.5, 0.6) is 0 Å². The zero-order valence-electron chi connectivity index (χ0n) is 31.3. The monoisotopic (exact) mass is 778 g/mol. The van der Waals surface area contributed by atoms with Crippen LogP contribution < -0.4 is 9.44 Å². The van der Waals surface area contributed by atoms with E-state index in [0.717, 1.165) is 104 Å². The van der Waals surface area contributed by atoms with Gasteiger partial charge >= 0.3 is 0 Å². The highest BCUT2D eigenvalue weighted by atomic mass is 32.2. The van der Waals surface area contributed by atoms with Crippen molar-refractivity contribution in [3.8, 4) is 0 Å². The van der Waals surface area contributed by atoms with Crippen LogP contribution in [0, 0.1) is 13.8 Å². The van der Waals surface area contributed by atoms with E-state index in [4.69, 9.17) is 9.97 Å². The molecule has 0 unspecified atom stereocenters. The third kappa shape index (κ3) is 7.80. The number of unbranched alkanes of at least 4 members (excludes halogenated alkanes) is 3. The minimum Gasteiger partial charge on any atom is -0.280 e. The van der Waals surface area contributed by atoms with Gasteiger partial charge in [-0.15, -0.1) is 0 Å². The third-order valence-electron chi connectivity index (χ3n) is 10.3. The third-order valence-corrected chi connectivity index (χ3v) is 13.1. The van der Waals surface area contributed by atoms with E-state index in [0.29, 0.717) is 11.4 Å². The number of nitrogens with one attached hydrogen (secondary N) is 2. The lowest BCUT2D eigenvalue weighted by atomic mass is 9.98. The maximum absolute atomic E-state index is 13.2. The van der Waals surface area contributed by atoms with Crippen LogP contribution in [0.1, 0.15) is 48.2 Å². The van der Waals surface area contributed by atoms with E-state index in [1.165, 1.54) is 0 Å². The van der Waals surface area contributed by atoms with Gasteiger partial charge < -0.3 is 0 Å². The molecule has 282 valence electrons. The number of rotatable bonds is 13. The zero-order valence-corrected chi connectivity index (χ0v) is 32.9. The van der Waals surface area contributed by atoms with Crippen LogP contribution in [-0.4, -0.2) is 26.8 Å². The van der Waals surface area contributed by atoms with E-state index in [9.17, 15) is 16.8 Å². The fourth-order valence-electron chi connectivity index (χ4n) is 7.35. The number of aryl methyl sites for hydroxylation is 4. The number of sulfonamides is 2. The highest BCUT2D eigenvalue weighted by Crippen LogP contribution is 2.33. The molecule has 0 radical (unpaired) electrons. The lowest BCUT2D eigenvalue weighted by molar-refractivity contribution is 0.599. The van der Waals surface area contributed by atoms with Crippen LogP contribution in [-0.2, 0) is 32.9 Å². The van der Waals surface area contributed by atoms with Crippen molar-refractivity contribution in [1.82, 2.24) is 9.97 Å². The van der Waals surface area contributed by atoms with Gasteiger partial charge in [-0.1, -0.05) is 96.8 Å². The Balaban J connectivity index is 0.986. The van der Waals surface area contributed by atoms with Gasteiger partial charge in [-0.3, -0.25) is 19.4 Å². The van der Waals surface area contributed by atoms with Crippen molar-refractivity contribution in [2.24, 2.45) is 0 Å². The Morgan fingerprint density at radius 2 is 0.821 bits per heavy atom. The number of hydrogen-bond donors (Lipinski definition) is 2. The molecule has 0 atom stereocenters. The van der Waals surface area contributed by atoms with Crippen molar-refractivity contribution in [2.45, 2.75) is 62.2 Å². The number of pyridine rings is 2. The predicted molar refractivity (Wildman–Crippen MR) is 228 cm³/mol. The molecule has 8 aromatic rings. The molecule has 0 fully saturated rings. The van der Waals surface area contributed by atoms with Gasteiger partial charge in [0.15, 0.2) is 0 Å². The van der Waals surface area contributed by atoms with Gasteiger partial charge in [-0.05, 0) is 111 Å². The Hall–Kier alpha value is -5.84. The maximum atomic E-state index is 13.2. The van der Waals surface area contributed by atoms with Crippen LogP contribution in [0.15, 0.2) is 143 Å². The van der Waals surface area contributed by atoms with Crippen LogP contribution in [0.4, 0.5) is 11.4 Å². The molecule has 10 heteroatoms. The summed E-state index contributed by atoms with van der Waals surface area (Å²) in [6, 6.07) is 41.2. The van der Waals surface area contributed by atoms with Gasteiger partial charge in [0, 0.05) is 44.3 Å². The summed E-state index contributed by atoms with van der Waals surface area (Å²) in [5.41, 5.74) is 6.69. The molecule has 8 nitrogen and oxygen atoms in total. The quantitative estimate of drug-likeness (QED) is 0.0889. The summed E-state index contributed by atoms with van der Waals surface area (Å²) in [5, 5.41) is 6.01. The fraction of sp³-hybridized carbons (Fsp3) is 0.174. The summed E-state index contributed by atoms with van der Waals surface area (Å²) in [5.74, 6) is 0. The first-order chi connectivity index (χ1) is 27.0. The minimum atomic E-state index is -3.76. The number of nitrogens with zero attached hydrogens (tertiary/aromatic N) is 2. The van der Waals surface area contributed by atoms with Gasteiger partial charge in [-0.2, -0.15) is 0 Å². The zero-order chi connectivity index (χ0) is 38.9. The molecule has 2 aromatic heterocycles. The Morgan fingerprint density at radius 1 is 0.429 bits per heavy atom. The van der Waals surface area contributed by atoms with Crippen LogP contribution in [0.2, 0.25) is 0 Å². The van der Waals surface area contributed by atoms with Crippen molar-refractivity contribution in [3.05, 3.63) is 156 Å². The average Bonchev–Trinajstić information content (AvgIpc) is 3.19. The summed E-state index contributed by atoms with van der Waals surface area (Å²) in [4.78, 5) is 10.6. The molecular formula is C46H42N4O4S2. The van der Waals surface area contributed by atoms with Crippen LogP contribution >= 0.6 is 0 Å². The largest absolute Gasteiger partial charge is 0.280 e. The smallest absolute Gasteiger partial charge is 0.261 e. The second kappa shape index (κ2) is 15.4. The summed E-state index contributed by atoms with van der Waals surface area (Å²) in [7, 11) is -7.52. The fourth-order valence-corrected chi connectivity index (χ4v) is 9.45. The van der Waals surface area contributed by atoms with Gasteiger partial charge in [-0.25, -0.2) is 16.8 Å². The van der Waals surface area contributed by atoms with E-state index in [2.05, 4.69) is 21.6 Å². The molecule has 8 rings (SSSR count). The van der Waals surface area contributed by atoms with E-state index in [1.54, 1.807) is 48.5 Å². The highest BCUT2D eigenvalue weighted by Gasteiger charge is 2.18. The summed E-state index contributed by atoms with van der Waals surface area (Å²) in [6.07, 6.45) is 5.27. The van der Waals surface area contributed by atoms with E-state index < -0.39 is 20.0 Å². The summed E-state index contributed by atoms with van der Waals surface area (Å²) >= 11 is 0. The number of fused-ring (bicyclic) bond motifs is 6. The molecule has 0 bridgehead atoms. The summed E-state index contributed by atoms with van der Waals surface area (Å²) in [6.45, 7) is 3.85.